The van der Waals surface area contributed by atoms with Crippen LogP contribution in [0, 0.1) is 6.92 Å². The van der Waals surface area contributed by atoms with Crippen LogP contribution in [0.4, 0.5) is 0 Å². The van der Waals surface area contributed by atoms with E-state index >= 15 is 0 Å². The molecule has 2 aromatic heterocycles. The lowest BCUT2D eigenvalue weighted by molar-refractivity contribution is 0.199. The van der Waals surface area contributed by atoms with E-state index in [-0.39, 0.29) is 0 Å². The van der Waals surface area contributed by atoms with Crippen LogP contribution in [0.15, 0.2) is 18.5 Å². The quantitative estimate of drug-likeness (QED) is 0.748. The Bertz CT molecular complexity index is 517. The van der Waals surface area contributed by atoms with Crippen molar-refractivity contribution in [2.24, 2.45) is 7.05 Å². The SMILES string of the molecule is COCCNCc1nccn1Cc1cc(C)nn1C. The highest BCUT2D eigenvalue weighted by atomic mass is 16.5. The highest BCUT2D eigenvalue weighted by Crippen LogP contribution is 2.07. The number of aryl methyl sites for hydroxylation is 2. The summed E-state index contributed by atoms with van der Waals surface area (Å²) < 4.78 is 9.05. The van der Waals surface area contributed by atoms with E-state index < -0.39 is 0 Å². The molecule has 0 saturated heterocycles. The zero-order chi connectivity index (χ0) is 13.7. The largest absolute Gasteiger partial charge is 0.383 e. The van der Waals surface area contributed by atoms with Gasteiger partial charge in [-0.25, -0.2) is 4.98 Å². The first kappa shape index (κ1) is 13.8. The van der Waals surface area contributed by atoms with Crippen LogP contribution in [0.25, 0.3) is 0 Å². The van der Waals surface area contributed by atoms with Crippen molar-refractivity contribution in [3.05, 3.63) is 35.7 Å². The van der Waals surface area contributed by atoms with Crippen LogP contribution in [0.5, 0.6) is 0 Å². The zero-order valence-corrected chi connectivity index (χ0v) is 11.8. The van der Waals surface area contributed by atoms with Gasteiger partial charge >= 0.3 is 0 Å². The molecular weight excluding hydrogens is 242 g/mol. The van der Waals surface area contributed by atoms with Crippen molar-refractivity contribution in [1.82, 2.24) is 24.6 Å². The van der Waals surface area contributed by atoms with E-state index in [0.717, 1.165) is 31.2 Å². The van der Waals surface area contributed by atoms with Gasteiger partial charge in [-0.3, -0.25) is 4.68 Å². The highest BCUT2D eigenvalue weighted by Gasteiger charge is 2.06. The van der Waals surface area contributed by atoms with Crippen molar-refractivity contribution in [3.63, 3.8) is 0 Å². The van der Waals surface area contributed by atoms with Crippen molar-refractivity contribution in [3.8, 4) is 0 Å². The molecule has 6 nitrogen and oxygen atoms in total. The summed E-state index contributed by atoms with van der Waals surface area (Å²) in [6.07, 6.45) is 3.83. The Morgan fingerprint density at radius 2 is 2.26 bits per heavy atom. The summed E-state index contributed by atoms with van der Waals surface area (Å²) in [7, 11) is 3.67. The molecule has 0 atom stereocenters. The van der Waals surface area contributed by atoms with Gasteiger partial charge in [0.1, 0.15) is 5.82 Å². The highest BCUT2D eigenvalue weighted by molar-refractivity contribution is 5.10. The molecule has 0 aromatic carbocycles. The molecule has 0 saturated carbocycles. The van der Waals surface area contributed by atoms with Crippen LogP contribution in [-0.4, -0.2) is 39.6 Å². The first-order valence-corrected chi connectivity index (χ1v) is 6.40. The van der Waals surface area contributed by atoms with E-state index in [1.807, 2.05) is 31.0 Å². The molecule has 1 N–H and O–H groups in total. The van der Waals surface area contributed by atoms with E-state index in [4.69, 9.17) is 4.74 Å². The van der Waals surface area contributed by atoms with Crippen LogP contribution in [0.3, 0.4) is 0 Å². The fourth-order valence-electron chi connectivity index (χ4n) is 2.01. The smallest absolute Gasteiger partial charge is 0.123 e. The Morgan fingerprint density at radius 3 is 2.95 bits per heavy atom. The maximum Gasteiger partial charge on any atom is 0.123 e. The van der Waals surface area contributed by atoms with Gasteiger partial charge in [0.15, 0.2) is 0 Å². The molecule has 2 heterocycles. The third-order valence-electron chi connectivity index (χ3n) is 3.00. The molecule has 0 aliphatic heterocycles. The minimum Gasteiger partial charge on any atom is -0.383 e. The first-order chi connectivity index (χ1) is 9.20. The van der Waals surface area contributed by atoms with Crippen LogP contribution >= 0.6 is 0 Å². The second-order valence-electron chi connectivity index (χ2n) is 4.54. The van der Waals surface area contributed by atoms with Crippen LogP contribution in [-0.2, 0) is 24.9 Å². The Hall–Kier alpha value is -1.66. The normalized spacial score (nSPS) is 11.1. The molecule has 104 valence electrons. The van der Waals surface area contributed by atoms with E-state index in [9.17, 15) is 0 Å². The fourth-order valence-corrected chi connectivity index (χ4v) is 2.01. The summed E-state index contributed by atoms with van der Waals surface area (Å²) in [5.74, 6) is 1.02. The van der Waals surface area contributed by atoms with Gasteiger partial charge in [0.2, 0.25) is 0 Å². The Kier molecular flexibility index (Phi) is 4.70. The number of hydrogen-bond acceptors (Lipinski definition) is 4. The van der Waals surface area contributed by atoms with E-state index in [1.165, 1.54) is 5.69 Å². The lowest BCUT2D eigenvalue weighted by Crippen LogP contribution is -2.21. The standard InChI is InChI=1S/C13H21N5O/c1-11-8-12(17(2)16-11)10-18-6-4-15-13(18)9-14-5-7-19-3/h4,6,8,14H,5,7,9-10H2,1-3H3. The molecule has 6 heteroatoms. The number of nitrogens with zero attached hydrogens (tertiary/aromatic N) is 4. The van der Waals surface area contributed by atoms with Crippen molar-refractivity contribution in [2.45, 2.75) is 20.0 Å². The number of imidazole rings is 1. The van der Waals surface area contributed by atoms with E-state index in [1.54, 1.807) is 7.11 Å². The third-order valence-corrected chi connectivity index (χ3v) is 3.00. The number of rotatable bonds is 7. The van der Waals surface area contributed by atoms with Gasteiger partial charge in [-0.15, -0.1) is 0 Å². The van der Waals surface area contributed by atoms with E-state index in [0.29, 0.717) is 6.61 Å². The predicted octanol–water partition coefficient (Wildman–Crippen LogP) is 0.709. The average Bonchev–Trinajstić information content (AvgIpc) is 2.93. The minimum atomic E-state index is 0.710. The molecule has 0 aliphatic carbocycles. The lowest BCUT2D eigenvalue weighted by atomic mass is 10.3. The molecule has 0 radical (unpaired) electrons. The summed E-state index contributed by atoms with van der Waals surface area (Å²) in [6.45, 7) is 5.08. The van der Waals surface area contributed by atoms with Crippen molar-refractivity contribution in [2.75, 3.05) is 20.3 Å². The van der Waals surface area contributed by atoms with E-state index in [2.05, 4.69) is 26.0 Å². The average molecular weight is 263 g/mol. The summed E-state index contributed by atoms with van der Waals surface area (Å²) in [5.41, 5.74) is 2.21. The second-order valence-corrected chi connectivity index (χ2v) is 4.54. The predicted molar refractivity (Wildman–Crippen MR) is 72.9 cm³/mol. The third kappa shape index (κ3) is 3.65. The number of ether oxygens (including phenoxy) is 1. The fraction of sp³-hybridized carbons (Fsp3) is 0.538. The summed E-state index contributed by atoms with van der Waals surface area (Å²) in [6, 6.07) is 2.10. The lowest BCUT2D eigenvalue weighted by Gasteiger charge is -2.09. The van der Waals surface area contributed by atoms with Gasteiger partial charge in [-0.05, 0) is 13.0 Å². The van der Waals surface area contributed by atoms with Crippen LogP contribution < -0.4 is 5.32 Å². The molecule has 2 rings (SSSR count). The topological polar surface area (TPSA) is 56.9 Å². The molecule has 0 amide bonds. The van der Waals surface area contributed by atoms with Gasteiger partial charge in [0, 0.05) is 33.1 Å². The van der Waals surface area contributed by atoms with Crippen molar-refractivity contribution >= 4 is 0 Å². The summed E-state index contributed by atoms with van der Waals surface area (Å²) >= 11 is 0. The number of nitrogens with one attached hydrogen (secondary N) is 1. The monoisotopic (exact) mass is 263 g/mol. The molecule has 0 unspecified atom stereocenters. The molecule has 0 bridgehead atoms. The maximum atomic E-state index is 5.00. The van der Waals surface area contributed by atoms with Gasteiger partial charge in [-0.2, -0.15) is 5.10 Å². The van der Waals surface area contributed by atoms with Gasteiger partial charge in [0.25, 0.3) is 0 Å². The first-order valence-electron chi connectivity index (χ1n) is 6.40. The molecule has 0 aliphatic rings. The number of hydrogen-bond donors (Lipinski definition) is 1. The molecule has 0 fully saturated rings. The van der Waals surface area contributed by atoms with Gasteiger partial charge in [0.05, 0.1) is 31.1 Å². The molecule has 19 heavy (non-hydrogen) atoms. The minimum absolute atomic E-state index is 0.710. The molecular formula is C13H21N5O. The molecule has 2 aromatic rings. The number of methoxy groups -OCH3 is 1. The van der Waals surface area contributed by atoms with Crippen molar-refractivity contribution in [1.29, 1.82) is 0 Å². The summed E-state index contributed by atoms with van der Waals surface area (Å²) in [4.78, 5) is 4.38. The van der Waals surface area contributed by atoms with Gasteiger partial charge in [-0.1, -0.05) is 0 Å². The second kappa shape index (κ2) is 6.49. The maximum absolute atomic E-state index is 5.00. The Labute approximate surface area is 113 Å². The number of aromatic nitrogens is 4. The van der Waals surface area contributed by atoms with Gasteiger partial charge < -0.3 is 14.6 Å². The van der Waals surface area contributed by atoms with Crippen LogP contribution in [0.2, 0.25) is 0 Å². The summed E-state index contributed by atoms with van der Waals surface area (Å²) in [5, 5.41) is 7.66. The van der Waals surface area contributed by atoms with Crippen molar-refractivity contribution < 1.29 is 4.74 Å². The van der Waals surface area contributed by atoms with Crippen LogP contribution in [0.1, 0.15) is 17.2 Å². The Balaban J connectivity index is 1.97. The Morgan fingerprint density at radius 1 is 1.42 bits per heavy atom. The zero-order valence-electron chi connectivity index (χ0n) is 11.8. The molecule has 0 spiro atoms.